The Morgan fingerprint density at radius 2 is 1.95 bits per heavy atom. The molecule has 22 heavy (non-hydrogen) atoms. The van der Waals surface area contributed by atoms with E-state index in [1.54, 1.807) is 16.8 Å². The van der Waals surface area contributed by atoms with Crippen LogP contribution in [0.3, 0.4) is 0 Å². The summed E-state index contributed by atoms with van der Waals surface area (Å²) < 4.78 is 39.9. The Morgan fingerprint density at radius 3 is 2.55 bits per heavy atom. The van der Waals surface area contributed by atoms with Gasteiger partial charge >= 0.3 is 6.18 Å². The Hall–Kier alpha value is -2.12. The summed E-state index contributed by atoms with van der Waals surface area (Å²) in [7, 11) is 0. The maximum atomic E-state index is 12.8. The van der Waals surface area contributed by atoms with Crippen LogP contribution in [0.1, 0.15) is 29.8 Å². The second kappa shape index (κ2) is 5.58. The van der Waals surface area contributed by atoms with Crippen LogP contribution in [0.15, 0.2) is 24.8 Å². The number of aromatic nitrogens is 3. The number of hydrogen-bond acceptors (Lipinski definition) is 3. The smallest absolute Gasteiger partial charge is 0.328 e. The zero-order chi connectivity index (χ0) is 15.7. The lowest BCUT2D eigenvalue weighted by Gasteiger charge is -2.32. The molecule has 5 nitrogen and oxygen atoms in total. The van der Waals surface area contributed by atoms with Crippen LogP contribution in [0.25, 0.3) is 5.65 Å². The number of amides is 1. The van der Waals surface area contributed by atoms with Crippen molar-refractivity contribution in [3.63, 3.8) is 0 Å². The van der Waals surface area contributed by atoms with Gasteiger partial charge in [0.1, 0.15) is 6.54 Å². The number of carbonyl (C=O) groups excluding carboxylic acids is 1. The van der Waals surface area contributed by atoms with E-state index in [0.717, 1.165) is 24.2 Å². The van der Waals surface area contributed by atoms with E-state index in [-0.39, 0.29) is 23.8 Å². The first kappa shape index (κ1) is 14.8. The molecule has 0 saturated heterocycles. The van der Waals surface area contributed by atoms with E-state index in [1.807, 2.05) is 0 Å². The van der Waals surface area contributed by atoms with Gasteiger partial charge in [-0.1, -0.05) is 6.42 Å². The van der Waals surface area contributed by atoms with E-state index in [9.17, 15) is 18.0 Å². The Morgan fingerprint density at radius 1 is 1.27 bits per heavy atom. The van der Waals surface area contributed by atoms with Gasteiger partial charge in [-0.3, -0.25) is 4.79 Å². The highest BCUT2D eigenvalue weighted by atomic mass is 19.4. The fourth-order valence-electron chi connectivity index (χ4n) is 2.58. The van der Waals surface area contributed by atoms with Crippen molar-refractivity contribution >= 4 is 11.6 Å². The molecular formula is C14H15F3N4O. The summed E-state index contributed by atoms with van der Waals surface area (Å²) in [6.07, 6.45) is 4.38. The topological polar surface area (TPSA) is 50.5 Å². The SMILES string of the molecule is O=C(c1nccn2ccnc12)N(CC1CCC1)CC(F)(F)F. The van der Waals surface area contributed by atoms with Gasteiger partial charge < -0.3 is 9.30 Å². The van der Waals surface area contributed by atoms with Gasteiger partial charge in [0.2, 0.25) is 0 Å². The summed E-state index contributed by atoms with van der Waals surface area (Å²) in [6, 6.07) is 0. The first-order valence-electron chi connectivity index (χ1n) is 7.08. The van der Waals surface area contributed by atoms with E-state index in [4.69, 9.17) is 0 Å². The van der Waals surface area contributed by atoms with E-state index in [1.165, 1.54) is 12.4 Å². The van der Waals surface area contributed by atoms with Crippen molar-refractivity contribution in [2.24, 2.45) is 5.92 Å². The Bertz CT molecular complexity index is 678. The molecule has 0 aromatic carbocycles. The summed E-state index contributed by atoms with van der Waals surface area (Å²) >= 11 is 0. The van der Waals surface area contributed by atoms with Crippen LogP contribution in [0.5, 0.6) is 0 Å². The van der Waals surface area contributed by atoms with Gasteiger partial charge in [0, 0.05) is 31.3 Å². The monoisotopic (exact) mass is 312 g/mol. The number of fused-ring (bicyclic) bond motifs is 1. The zero-order valence-corrected chi connectivity index (χ0v) is 11.8. The molecule has 0 spiro atoms. The summed E-state index contributed by atoms with van der Waals surface area (Å²) in [4.78, 5) is 21.3. The summed E-state index contributed by atoms with van der Waals surface area (Å²) in [5, 5.41) is 0. The number of halogens is 3. The standard InChI is InChI=1S/C14H15F3N4O/c15-14(16,17)9-21(8-10-2-1-3-10)13(22)11-12-19-5-7-20(12)6-4-18-11/h4-7,10H,1-3,8-9H2. The molecule has 0 atom stereocenters. The van der Waals surface area contributed by atoms with Gasteiger partial charge in [-0.25, -0.2) is 9.97 Å². The van der Waals surface area contributed by atoms with Gasteiger partial charge in [0.15, 0.2) is 11.3 Å². The van der Waals surface area contributed by atoms with Crippen LogP contribution in [0.4, 0.5) is 13.2 Å². The molecule has 0 N–H and O–H groups in total. The lowest BCUT2D eigenvalue weighted by atomic mass is 9.85. The van der Waals surface area contributed by atoms with Crippen LogP contribution in [-0.2, 0) is 0 Å². The van der Waals surface area contributed by atoms with E-state index >= 15 is 0 Å². The van der Waals surface area contributed by atoms with Crippen molar-refractivity contribution < 1.29 is 18.0 Å². The van der Waals surface area contributed by atoms with Crippen molar-refractivity contribution in [3.8, 4) is 0 Å². The lowest BCUT2D eigenvalue weighted by Crippen LogP contribution is -2.43. The molecule has 0 radical (unpaired) electrons. The summed E-state index contributed by atoms with van der Waals surface area (Å²) in [5.41, 5.74) is 0.226. The number of nitrogens with zero attached hydrogens (tertiary/aromatic N) is 4. The molecule has 0 aliphatic heterocycles. The second-order valence-electron chi connectivity index (χ2n) is 5.53. The number of rotatable bonds is 4. The van der Waals surface area contributed by atoms with Crippen LogP contribution in [0, 0.1) is 5.92 Å². The van der Waals surface area contributed by atoms with Gasteiger partial charge in [-0.05, 0) is 18.8 Å². The maximum absolute atomic E-state index is 12.8. The molecule has 118 valence electrons. The second-order valence-corrected chi connectivity index (χ2v) is 5.53. The summed E-state index contributed by atoms with van der Waals surface area (Å²) in [6.45, 7) is -1.15. The fourth-order valence-corrected chi connectivity index (χ4v) is 2.58. The molecular weight excluding hydrogens is 297 g/mol. The Kier molecular flexibility index (Phi) is 3.76. The van der Waals surface area contributed by atoms with Crippen molar-refractivity contribution in [2.75, 3.05) is 13.1 Å². The number of hydrogen-bond donors (Lipinski definition) is 0. The van der Waals surface area contributed by atoms with Gasteiger partial charge in [-0.2, -0.15) is 13.2 Å². The van der Waals surface area contributed by atoms with Crippen molar-refractivity contribution in [1.82, 2.24) is 19.3 Å². The molecule has 1 saturated carbocycles. The van der Waals surface area contributed by atoms with E-state index < -0.39 is 18.6 Å². The predicted octanol–water partition coefficient (Wildman–Crippen LogP) is 2.53. The minimum Gasteiger partial charge on any atom is -0.328 e. The van der Waals surface area contributed by atoms with E-state index in [0.29, 0.717) is 0 Å². The third-order valence-corrected chi connectivity index (χ3v) is 3.87. The average Bonchev–Trinajstić information content (AvgIpc) is 2.87. The number of imidazole rings is 1. The van der Waals surface area contributed by atoms with Gasteiger partial charge in [-0.15, -0.1) is 0 Å². The van der Waals surface area contributed by atoms with Crippen LogP contribution >= 0.6 is 0 Å². The third-order valence-electron chi connectivity index (χ3n) is 3.87. The van der Waals surface area contributed by atoms with Gasteiger partial charge in [0.25, 0.3) is 5.91 Å². The predicted molar refractivity (Wildman–Crippen MR) is 72.3 cm³/mol. The van der Waals surface area contributed by atoms with Crippen molar-refractivity contribution in [2.45, 2.75) is 25.4 Å². The van der Waals surface area contributed by atoms with Crippen molar-refractivity contribution in [1.29, 1.82) is 0 Å². The normalized spacial score (nSPS) is 15.8. The molecule has 0 bridgehead atoms. The maximum Gasteiger partial charge on any atom is 0.406 e. The minimum absolute atomic E-state index is 0.0453. The molecule has 2 aromatic rings. The Labute approximate surface area is 124 Å². The molecule has 2 heterocycles. The number of carbonyl (C=O) groups is 1. The first-order valence-corrected chi connectivity index (χ1v) is 7.08. The molecule has 8 heteroatoms. The zero-order valence-electron chi connectivity index (χ0n) is 11.8. The van der Waals surface area contributed by atoms with Crippen LogP contribution < -0.4 is 0 Å². The van der Waals surface area contributed by atoms with Crippen LogP contribution in [0.2, 0.25) is 0 Å². The quantitative estimate of drug-likeness (QED) is 0.872. The molecule has 1 amide bonds. The molecule has 2 aromatic heterocycles. The Balaban J connectivity index is 1.88. The van der Waals surface area contributed by atoms with Crippen LogP contribution in [-0.4, -0.2) is 44.4 Å². The largest absolute Gasteiger partial charge is 0.406 e. The molecule has 1 aliphatic carbocycles. The highest BCUT2D eigenvalue weighted by molar-refractivity contribution is 5.97. The lowest BCUT2D eigenvalue weighted by molar-refractivity contribution is -0.142. The van der Waals surface area contributed by atoms with Crippen molar-refractivity contribution in [3.05, 3.63) is 30.5 Å². The molecule has 0 unspecified atom stereocenters. The molecule has 1 aliphatic rings. The fraction of sp³-hybridized carbons (Fsp3) is 0.500. The average molecular weight is 312 g/mol. The minimum atomic E-state index is -4.43. The highest BCUT2D eigenvalue weighted by Crippen LogP contribution is 2.29. The molecule has 1 fully saturated rings. The molecule has 3 rings (SSSR count). The summed E-state index contributed by atoms with van der Waals surface area (Å²) in [5.74, 6) is -0.577. The number of alkyl halides is 3. The first-order chi connectivity index (χ1) is 10.4. The highest BCUT2D eigenvalue weighted by Gasteiger charge is 2.36. The van der Waals surface area contributed by atoms with Gasteiger partial charge in [0.05, 0.1) is 0 Å². The van der Waals surface area contributed by atoms with E-state index in [2.05, 4.69) is 9.97 Å². The third kappa shape index (κ3) is 3.05.